The topological polar surface area (TPSA) is 54.3 Å². The number of nitriles is 1. The summed E-state index contributed by atoms with van der Waals surface area (Å²) in [4.78, 5) is 0. The summed E-state index contributed by atoms with van der Waals surface area (Å²) in [5.41, 5.74) is 2.65. The minimum Gasteiger partial charge on any atom is -0.497 e. The first kappa shape index (κ1) is 20.1. The fourth-order valence-electron chi connectivity index (χ4n) is 2.35. The number of nitrogens with zero attached hydrogens (tertiary/aromatic N) is 1. The van der Waals surface area contributed by atoms with Crippen molar-refractivity contribution in [2.24, 2.45) is 0 Å². The van der Waals surface area contributed by atoms with Crippen molar-refractivity contribution in [3.05, 3.63) is 58.1 Å². The second-order valence-electron chi connectivity index (χ2n) is 5.06. The van der Waals surface area contributed by atoms with Crippen LogP contribution in [-0.2, 0) is 13.0 Å². The van der Waals surface area contributed by atoms with Crippen LogP contribution in [0, 0.1) is 11.3 Å². The minimum absolute atomic E-state index is 0. The van der Waals surface area contributed by atoms with Crippen molar-refractivity contribution in [2.45, 2.75) is 13.0 Å². The lowest BCUT2D eigenvalue weighted by atomic mass is 10.1. The van der Waals surface area contributed by atoms with E-state index in [9.17, 15) is 0 Å². The Balaban J connectivity index is 0.00000288. The van der Waals surface area contributed by atoms with Crippen LogP contribution in [0.3, 0.4) is 0 Å². The number of ether oxygens (including phenoxy) is 2. The van der Waals surface area contributed by atoms with E-state index in [-0.39, 0.29) is 12.4 Å². The highest BCUT2D eigenvalue weighted by Crippen LogP contribution is 2.24. The van der Waals surface area contributed by atoms with E-state index in [1.165, 1.54) is 0 Å². The van der Waals surface area contributed by atoms with Crippen molar-refractivity contribution in [1.82, 2.24) is 5.32 Å². The SMILES string of the molecule is COc1ccc(OC)c(CCNCc2cc(Cl)cc(C#N)c2)c1.Cl. The number of hydrogen-bond donors (Lipinski definition) is 1. The van der Waals surface area contributed by atoms with Gasteiger partial charge in [-0.15, -0.1) is 12.4 Å². The summed E-state index contributed by atoms with van der Waals surface area (Å²) in [6.07, 6.45) is 0.812. The first-order chi connectivity index (χ1) is 11.2. The highest BCUT2D eigenvalue weighted by atomic mass is 35.5. The molecule has 4 nitrogen and oxygen atoms in total. The molecule has 0 fully saturated rings. The number of halogens is 2. The smallest absolute Gasteiger partial charge is 0.122 e. The van der Waals surface area contributed by atoms with Gasteiger partial charge in [-0.1, -0.05) is 11.6 Å². The molecule has 2 aromatic rings. The van der Waals surface area contributed by atoms with Gasteiger partial charge in [0.2, 0.25) is 0 Å². The maximum absolute atomic E-state index is 8.96. The summed E-state index contributed by atoms with van der Waals surface area (Å²) in [5, 5.41) is 12.9. The van der Waals surface area contributed by atoms with Gasteiger partial charge in [0.1, 0.15) is 11.5 Å². The molecule has 128 valence electrons. The summed E-state index contributed by atoms with van der Waals surface area (Å²) in [6, 6.07) is 13.2. The molecule has 0 unspecified atom stereocenters. The molecule has 0 heterocycles. The average Bonchev–Trinajstić information content (AvgIpc) is 2.58. The predicted octanol–water partition coefficient (Wildman–Crippen LogP) is 3.98. The minimum atomic E-state index is 0. The van der Waals surface area contributed by atoms with Crippen molar-refractivity contribution in [3.63, 3.8) is 0 Å². The molecular weight excluding hydrogens is 347 g/mol. The van der Waals surface area contributed by atoms with Gasteiger partial charge in [-0.2, -0.15) is 5.26 Å². The number of nitrogens with one attached hydrogen (secondary N) is 1. The molecule has 0 spiro atoms. The third-order valence-corrected chi connectivity index (χ3v) is 3.69. The molecule has 0 amide bonds. The fraction of sp³-hybridized carbons (Fsp3) is 0.278. The molecule has 6 heteroatoms. The van der Waals surface area contributed by atoms with Gasteiger partial charge >= 0.3 is 0 Å². The lowest BCUT2D eigenvalue weighted by Gasteiger charge is -2.11. The lowest BCUT2D eigenvalue weighted by molar-refractivity contribution is 0.398. The lowest BCUT2D eigenvalue weighted by Crippen LogP contribution is -2.17. The molecule has 0 saturated carbocycles. The van der Waals surface area contributed by atoms with E-state index in [2.05, 4.69) is 11.4 Å². The van der Waals surface area contributed by atoms with Crippen molar-refractivity contribution < 1.29 is 9.47 Å². The van der Waals surface area contributed by atoms with E-state index < -0.39 is 0 Å². The van der Waals surface area contributed by atoms with Crippen LogP contribution in [0.4, 0.5) is 0 Å². The van der Waals surface area contributed by atoms with Gasteiger partial charge in [0.25, 0.3) is 0 Å². The predicted molar refractivity (Wildman–Crippen MR) is 98.4 cm³/mol. The zero-order valence-corrected chi connectivity index (χ0v) is 15.2. The van der Waals surface area contributed by atoms with Gasteiger partial charge in [-0.3, -0.25) is 0 Å². The molecule has 0 aliphatic rings. The van der Waals surface area contributed by atoms with Gasteiger partial charge in [-0.05, 0) is 60.5 Å². The fourth-order valence-corrected chi connectivity index (χ4v) is 2.61. The summed E-state index contributed by atoms with van der Waals surface area (Å²) >= 11 is 6.00. The van der Waals surface area contributed by atoms with Gasteiger partial charge in [0, 0.05) is 11.6 Å². The Morgan fingerprint density at radius 1 is 1.12 bits per heavy atom. The van der Waals surface area contributed by atoms with E-state index in [4.69, 9.17) is 26.3 Å². The van der Waals surface area contributed by atoms with Gasteiger partial charge in [0.05, 0.1) is 25.9 Å². The molecule has 0 aliphatic heterocycles. The summed E-state index contributed by atoms with van der Waals surface area (Å²) in [6.45, 7) is 1.43. The Bertz CT molecular complexity index is 715. The molecule has 0 aliphatic carbocycles. The first-order valence-electron chi connectivity index (χ1n) is 7.27. The standard InChI is InChI=1S/C18H19ClN2O2.ClH/c1-22-17-3-4-18(23-2)15(10-17)5-6-21-12-14-7-13(11-20)8-16(19)9-14;/h3-4,7-10,21H,5-6,12H2,1-2H3;1H. The Kier molecular flexibility index (Phi) is 8.42. The second-order valence-corrected chi connectivity index (χ2v) is 5.50. The molecular formula is C18H20Cl2N2O2. The number of benzene rings is 2. The Hall–Kier alpha value is -1.93. The van der Waals surface area contributed by atoms with Crippen LogP contribution >= 0.6 is 24.0 Å². The normalized spacial score (nSPS) is 9.75. The molecule has 0 atom stereocenters. The number of hydrogen-bond acceptors (Lipinski definition) is 4. The Morgan fingerprint density at radius 3 is 2.58 bits per heavy atom. The van der Waals surface area contributed by atoms with Gasteiger partial charge in [-0.25, -0.2) is 0 Å². The molecule has 0 saturated heterocycles. The van der Waals surface area contributed by atoms with Crippen LogP contribution in [0.5, 0.6) is 11.5 Å². The van der Waals surface area contributed by atoms with Crippen LogP contribution in [0.2, 0.25) is 5.02 Å². The average molecular weight is 367 g/mol. The maximum atomic E-state index is 8.96. The Labute approximate surface area is 153 Å². The molecule has 0 aromatic heterocycles. The van der Waals surface area contributed by atoms with Crippen molar-refractivity contribution in [1.29, 1.82) is 5.26 Å². The molecule has 24 heavy (non-hydrogen) atoms. The van der Waals surface area contributed by atoms with Crippen LogP contribution in [-0.4, -0.2) is 20.8 Å². The van der Waals surface area contributed by atoms with Gasteiger partial charge < -0.3 is 14.8 Å². The molecule has 1 N–H and O–H groups in total. The zero-order chi connectivity index (χ0) is 16.7. The monoisotopic (exact) mass is 366 g/mol. The largest absolute Gasteiger partial charge is 0.497 e. The van der Waals surface area contributed by atoms with Crippen LogP contribution < -0.4 is 14.8 Å². The third kappa shape index (κ3) is 5.61. The zero-order valence-electron chi connectivity index (χ0n) is 13.6. The molecule has 2 rings (SSSR count). The number of rotatable bonds is 7. The molecule has 0 radical (unpaired) electrons. The number of methoxy groups -OCH3 is 2. The first-order valence-corrected chi connectivity index (χ1v) is 7.65. The van der Waals surface area contributed by atoms with E-state index >= 15 is 0 Å². The van der Waals surface area contributed by atoms with E-state index in [0.29, 0.717) is 17.1 Å². The summed E-state index contributed by atoms with van der Waals surface area (Å²) < 4.78 is 10.6. The Morgan fingerprint density at radius 2 is 1.92 bits per heavy atom. The second kappa shape index (κ2) is 10.0. The van der Waals surface area contributed by atoms with Crippen molar-refractivity contribution >= 4 is 24.0 Å². The van der Waals surface area contributed by atoms with Crippen molar-refractivity contribution in [3.8, 4) is 17.6 Å². The van der Waals surface area contributed by atoms with Gasteiger partial charge in [0.15, 0.2) is 0 Å². The third-order valence-electron chi connectivity index (χ3n) is 3.47. The maximum Gasteiger partial charge on any atom is 0.122 e. The van der Waals surface area contributed by atoms with Crippen LogP contribution in [0.15, 0.2) is 36.4 Å². The van der Waals surface area contributed by atoms with E-state index in [0.717, 1.165) is 35.6 Å². The highest BCUT2D eigenvalue weighted by molar-refractivity contribution is 6.30. The van der Waals surface area contributed by atoms with E-state index in [1.807, 2.05) is 30.3 Å². The highest BCUT2D eigenvalue weighted by Gasteiger charge is 2.05. The quantitative estimate of drug-likeness (QED) is 0.752. The van der Waals surface area contributed by atoms with E-state index in [1.54, 1.807) is 20.3 Å². The van der Waals surface area contributed by atoms with Crippen LogP contribution in [0.1, 0.15) is 16.7 Å². The summed E-state index contributed by atoms with van der Waals surface area (Å²) in [5.74, 6) is 1.66. The van der Waals surface area contributed by atoms with Crippen molar-refractivity contribution in [2.75, 3.05) is 20.8 Å². The summed E-state index contributed by atoms with van der Waals surface area (Å²) in [7, 11) is 3.31. The molecule has 2 aromatic carbocycles. The molecule has 0 bridgehead atoms. The van der Waals surface area contributed by atoms with Crippen LogP contribution in [0.25, 0.3) is 0 Å².